The molecule has 0 unspecified atom stereocenters. The number of imidazole rings is 1. The Morgan fingerprint density at radius 2 is 1.95 bits per heavy atom. The Morgan fingerprint density at radius 1 is 1.14 bits per heavy atom. The van der Waals surface area contributed by atoms with Crippen LogP contribution in [-0.4, -0.2) is 28.8 Å². The second kappa shape index (κ2) is 5.32. The molecule has 0 aliphatic carbocycles. The lowest BCUT2D eigenvalue weighted by atomic mass is 10.2. The Hall–Kier alpha value is -2.76. The molecule has 6 nitrogen and oxygen atoms in total. The van der Waals surface area contributed by atoms with Crippen molar-refractivity contribution in [3.63, 3.8) is 0 Å². The topological polar surface area (TPSA) is 75.2 Å². The van der Waals surface area contributed by atoms with E-state index in [4.69, 9.17) is 15.2 Å². The largest absolute Gasteiger partial charge is 0.493 e. The standard InChI is InChI=1S/C15H16N4O2/c1-20-12-6-5-10(8-13(12)21-2)9-19-14-11(18-15(19)16)4-3-7-17-14/h3-8H,9H2,1-2H3,(H2,16,18). The lowest BCUT2D eigenvalue weighted by Gasteiger charge is -2.11. The number of nitrogen functional groups attached to an aromatic ring is 1. The summed E-state index contributed by atoms with van der Waals surface area (Å²) < 4.78 is 12.4. The van der Waals surface area contributed by atoms with Gasteiger partial charge in [-0.05, 0) is 29.8 Å². The summed E-state index contributed by atoms with van der Waals surface area (Å²) in [5.41, 5.74) is 8.57. The third-order valence-electron chi connectivity index (χ3n) is 3.32. The van der Waals surface area contributed by atoms with Crippen molar-refractivity contribution in [3.8, 4) is 11.5 Å². The lowest BCUT2D eigenvalue weighted by molar-refractivity contribution is 0.354. The number of fused-ring (bicyclic) bond motifs is 1. The van der Waals surface area contributed by atoms with E-state index in [1.165, 1.54) is 0 Å². The van der Waals surface area contributed by atoms with E-state index in [1.807, 2.05) is 34.9 Å². The predicted molar refractivity (Wildman–Crippen MR) is 80.6 cm³/mol. The summed E-state index contributed by atoms with van der Waals surface area (Å²) in [5, 5.41) is 0. The van der Waals surface area contributed by atoms with Gasteiger partial charge >= 0.3 is 0 Å². The van der Waals surface area contributed by atoms with Crippen LogP contribution in [0.25, 0.3) is 11.2 Å². The zero-order valence-corrected chi connectivity index (χ0v) is 11.9. The number of ether oxygens (including phenoxy) is 2. The average molecular weight is 284 g/mol. The normalized spacial score (nSPS) is 10.8. The molecule has 3 rings (SSSR count). The van der Waals surface area contributed by atoms with Crippen molar-refractivity contribution in [2.24, 2.45) is 0 Å². The van der Waals surface area contributed by atoms with Crippen LogP contribution in [0.5, 0.6) is 11.5 Å². The van der Waals surface area contributed by atoms with Crippen LogP contribution in [0.15, 0.2) is 36.5 Å². The van der Waals surface area contributed by atoms with Crippen molar-refractivity contribution in [1.29, 1.82) is 0 Å². The summed E-state index contributed by atoms with van der Waals surface area (Å²) in [7, 11) is 3.23. The van der Waals surface area contributed by atoms with E-state index in [2.05, 4.69) is 9.97 Å². The van der Waals surface area contributed by atoms with E-state index in [9.17, 15) is 0 Å². The molecule has 0 saturated heterocycles. The molecule has 0 aliphatic heterocycles. The van der Waals surface area contributed by atoms with Gasteiger partial charge in [0.15, 0.2) is 17.1 Å². The fourth-order valence-electron chi connectivity index (χ4n) is 2.29. The van der Waals surface area contributed by atoms with E-state index >= 15 is 0 Å². The highest BCUT2D eigenvalue weighted by Gasteiger charge is 2.11. The van der Waals surface area contributed by atoms with Crippen LogP contribution in [0.4, 0.5) is 5.95 Å². The Balaban J connectivity index is 2.00. The fourth-order valence-corrected chi connectivity index (χ4v) is 2.29. The van der Waals surface area contributed by atoms with E-state index in [0.717, 1.165) is 16.7 Å². The number of methoxy groups -OCH3 is 2. The molecule has 0 aliphatic rings. The van der Waals surface area contributed by atoms with Gasteiger partial charge in [0.2, 0.25) is 5.95 Å². The maximum atomic E-state index is 5.98. The van der Waals surface area contributed by atoms with Crippen molar-refractivity contribution < 1.29 is 9.47 Å². The Bertz CT molecular complexity index is 782. The average Bonchev–Trinajstić information content (AvgIpc) is 2.83. The maximum Gasteiger partial charge on any atom is 0.202 e. The van der Waals surface area contributed by atoms with E-state index in [1.54, 1.807) is 20.4 Å². The molecule has 0 fully saturated rings. The lowest BCUT2D eigenvalue weighted by Crippen LogP contribution is -2.05. The molecule has 6 heteroatoms. The first-order valence-corrected chi connectivity index (χ1v) is 6.50. The molecule has 21 heavy (non-hydrogen) atoms. The number of benzene rings is 1. The molecule has 108 valence electrons. The highest BCUT2D eigenvalue weighted by molar-refractivity contribution is 5.73. The summed E-state index contributed by atoms with van der Waals surface area (Å²) in [5.74, 6) is 1.83. The van der Waals surface area contributed by atoms with Gasteiger partial charge in [-0.1, -0.05) is 6.07 Å². The van der Waals surface area contributed by atoms with E-state index in [-0.39, 0.29) is 0 Å². The molecule has 2 heterocycles. The summed E-state index contributed by atoms with van der Waals surface area (Å²) in [6, 6.07) is 9.50. The van der Waals surface area contributed by atoms with Crippen LogP contribution in [0.2, 0.25) is 0 Å². The Kier molecular flexibility index (Phi) is 3.35. The van der Waals surface area contributed by atoms with E-state index in [0.29, 0.717) is 24.0 Å². The third kappa shape index (κ3) is 2.35. The van der Waals surface area contributed by atoms with Crippen molar-refractivity contribution >= 4 is 17.1 Å². The third-order valence-corrected chi connectivity index (χ3v) is 3.32. The number of nitrogens with two attached hydrogens (primary N) is 1. The highest BCUT2D eigenvalue weighted by atomic mass is 16.5. The molecule has 3 aromatic rings. The molecule has 0 spiro atoms. The number of anilines is 1. The molecule has 0 bridgehead atoms. The second-order valence-electron chi connectivity index (χ2n) is 4.59. The number of hydrogen-bond acceptors (Lipinski definition) is 5. The van der Waals surface area contributed by atoms with Crippen LogP contribution < -0.4 is 15.2 Å². The van der Waals surface area contributed by atoms with Crippen LogP contribution in [0.1, 0.15) is 5.56 Å². The highest BCUT2D eigenvalue weighted by Crippen LogP contribution is 2.28. The molecular weight excluding hydrogens is 268 g/mol. The minimum atomic E-state index is 0.443. The number of hydrogen-bond donors (Lipinski definition) is 1. The number of aromatic nitrogens is 3. The molecule has 0 saturated carbocycles. The first kappa shape index (κ1) is 13.2. The molecule has 0 atom stereocenters. The van der Waals surface area contributed by atoms with Crippen LogP contribution in [0, 0.1) is 0 Å². The fraction of sp³-hybridized carbons (Fsp3) is 0.200. The number of rotatable bonds is 4. The minimum Gasteiger partial charge on any atom is -0.493 e. The van der Waals surface area contributed by atoms with Gasteiger partial charge in [0, 0.05) is 6.20 Å². The van der Waals surface area contributed by atoms with Crippen molar-refractivity contribution in [1.82, 2.24) is 14.5 Å². The monoisotopic (exact) mass is 284 g/mol. The SMILES string of the molecule is COc1ccc(Cn2c(N)nc3cccnc32)cc1OC. The Morgan fingerprint density at radius 3 is 2.71 bits per heavy atom. The van der Waals surface area contributed by atoms with Gasteiger partial charge in [-0.2, -0.15) is 0 Å². The van der Waals surface area contributed by atoms with E-state index < -0.39 is 0 Å². The Labute approximate surface area is 122 Å². The predicted octanol–water partition coefficient (Wildman–Crippen LogP) is 2.08. The van der Waals surface area contributed by atoms with Gasteiger partial charge in [-0.25, -0.2) is 9.97 Å². The first-order valence-electron chi connectivity index (χ1n) is 6.50. The summed E-state index contributed by atoms with van der Waals surface area (Å²) in [6.07, 6.45) is 1.73. The van der Waals surface area contributed by atoms with Crippen LogP contribution in [0.3, 0.4) is 0 Å². The van der Waals surface area contributed by atoms with Crippen molar-refractivity contribution in [3.05, 3.63) is 42.1 Å². The number of pyridine rings is 1. The van der Waals surface area contributed by atoms with Crippen LogP contribution in [-0.2, 0) is 6.54 Å². The molecule has 0 radical (unpaired) electrons. The maximum absolute atomic E-state index is 5.98. The molecule has 1 aromatic carbocycles. The molecular formula is C15H16N4O2. The summed E-state index contributed by atoms with van der Waals surface area (Å²) >= 11 is 0. The van der Waals surface area contributed by atoms with Gasteiger partial charge in [0.1, 0.15) is 5.52 Å². The van der Waals surface area contributed by atoms with Gasteiger partial charge in [-0.3, -0.25) is 4.57 Å². The first-order chi connectivity index (χ1) is 10.2. The minimum absolute atomic E-state index is 0.443. The summed E-state index contributed by atoms with van der Waals surface area (Å²) in [6.45, 7) is 0.569. The molecule has 2 aromatic heterocycles. The van der Waals surface area contributed by atoms with Crippen LogP contribution >= 0.6 is 0 Å². The van der Waals surface area contributed by atoms with Gasteiger partial charge in [-0.15, -0.1) is 0 Å². The van der Waals surface area contributed by atoms with Gasteiger partial charge in [0.25, 0.3) is 0 Å². The zero-order valence-electron chi connectivity index (χ0n) is 11.9. The molecule has 0 amide bonds. The smallest absolute Gasteiger partial charge is 0.202 e. The second-order valence-corrected chi connectivity index (χ2v) is 4.59. The number of nitrogens with zero attached hydrogens (tertiary/aromatic N) is 3. The van der Waals surface area contributed by atoms with Crippen molar-refractivity contribution in [2.75, 3.05) is 20.0 Å². The summed E-state index contributed by atoms with van der Waals surface area (Å²) in [4.78, 5) is 8.65. The quantitative estimate of drug-likeness (QED) is 0.794. The zero-order chi connectivity index (χ0) is 14.8. The van der Waals surface area contributed by atoms with Gasteiger partial charge < -0.3 is 15.2 Å². The van der Waals surface area contributed by atoms with Crippen molar-refractivity contribution in [2.45, 2.75) is 6.54 Å². The molecule has 2 N–H and O–H groups in total. The van der Waals surface area contributed by atoms with Gasteiger partial charge in [0.05, 0.1) is 20.8 Å².